The van der Waals surface area contributed by atoms with Gasteiger partial charge < -0.3 is 15.0 Å². The molecule has 11 nitrogen and oxygen atoms in total. The summed E-state index contributed by atoms with van der Waals surface area (Å²) in [6.45, 7) is 6.71. The lowest BCUT2D eigenvalue weighted by atomic mass is 10.1. The third kappa shape index (κ3) is 6.04. The number of aryl methyl sites for hydroxylation is 1. The number of aromatic nitrogens is 4. The molecule has 0 spiro atoms. The van der Waals surface area contributed by atoms with Gasteiger partial charge in [0.25, 0.3) is 0 Å². The monoisotopic (exact) mass is 525 g/mol. The van der Waals surface area contributed by atoms with Gasteiger partial charge >= 0.3 is 6.09 Å². The van der Waals surface area contributed by atoms with Crippen molar-refractivity contribution >= 4 is 33.7 Å². The first-order chi connectivity index (χ1) is 16.4. The molecular formula is C22H32ClN7O4S. The van der Waals surface area contributed by atoms with Crippen molar-refractivity contribution in [3.05, 3.63) is 23.6 Å². The zero-order valence-electron chi connectivity index (χ0n) is 20.4. The molecule has 2 fully saturated rings. The highest BCUT2D eigenvalue weighted by molar-refractivity contribution is 7.89. The molecule has 13 heteroatoms. The highest BCUT2D eigenvalue weighted by atomic mass is 35.5. The number of hydrogen-bond donors (Lipinski definition) is 1. The molecule has 2 aliphatic heterocycles. The van der Waals surface area contributed by atoms with E-state index in [9.17, 15) is 13.2 Å². The van der Waals surface area contributed by atoms with Crippen molar-refractivity contribution in [2.75, 3.05) is 31.5 Å². The van der Waals surface area contributed by atoms with Gasteiger partial charge in [-0.1, -0.05) is 11.6 Å². The topological polar surface area (TPSA) is 123 Å². The van der Waals surface area contributed by atoms with Gasteiger partial charge in [0.15, 0.2) is 0 Å². The van der Waals surface area contributed by atoms with E-state index in [0.717, 1.165) is 5.56 Å². The summed E-state index contributed by atoms with van der Waals surface area (Å²) in [5.74, 6) is 0.443. The van der Waals surface area contributed by atoms with E-state index in [1.165, 1.54) is 9.21 Å². The standard InChI is InChI=1S/C22H32ClN7O4S/c1-22(2,3)34-21(31)29-8-7-17(14-29)35(32,33)30-9-5-16(6-10-30)26-20-24-12-18(23)19(27-20)15-11-25-28(4)13-15/h11-13,16-17H,5-10,14H2,1-4H3,(H,24,26,27). The Labute approximate surface area is 210 Å². The second kappa shape index (κ2) is 9.90. The molecule has 0 aromatic carbocycles. The number of anilines is 1. The minimum Gasteiger partial charge on any atom is -0.444 e. The largest absolute Gasteiger partial charge is 0.444 e. The van der Waals surface area contributed by atoms with Crippen LogP contribution >= 0.6 is 11.6 Å². The molecule has 0 radical (unpaired) electrons. The number of piperidine rings is 1. The number of nitrogens with one attached hydrogen (secondary N) is 1. The van der Waals surface area contributed by atoms with E-state index in [1.807, 2.05) is 13.2 Å². The van der Waals surface area contributed by atoms with Gasteiger partial charge in [-0.2, -0.15) is 5.10 Å². The number of ether oxygens (including phenoxy) is 1. The molecule has 4 rings (SSSR count). The van der Waals surface area contributed by atoms with Crippen LogP contribution in [0.2, 0.25) is 5.02 Å². The normalized spacial score (nSPS) is 20.3. The molecule has 2 aromatic rings. The predicted molar refractivity (Wildman–Crippen MR) is 133 cm³/mol. The van der Waals surface area contributed by atoms with Crippen LogP contribution in [0.15, 0.2) is 18.6 Å². The third-order valence-electron chi connectivity index (χ3n) is 6.09. The Morgan fingerprint density at radius 1 is 1.17 bits per heavy atom. The maximum Gasteiger partial charge on any atom is 0.410 e. The van der Waals surface area contributed by atoms with Crippen molar-refractivity contribution in [3.63, 3.8) is 0 Å². The first-order valence-corrected chi connectivity index (χ1v) is 13.6. The number of sulfonamides is 1. The lowest BCUT2D eigenvalue weighted by molar-refractivity contribution is 0.0295. The molecule has 4 heterocycles. The van der Waals surface area contributed by atoms with Crippen LogP contribution in [0.4, 0.5) is 10.7 Å². The quantitative estimate of drug-likeness (QED) is 0.632. The molecule has 0 saturated carbocycles. The molecule has 1 unspecified atom stereocenters. The van der Waals surface area contributed by atoms with Gasteiger partial charge in [-0.05, 0) is 40.0 Å². The maximum atomic E-state index is 13.2. The van der Waals surface area contributed by atoms with E-state index in [0.29, 0.717) is 55.6 Å². The second-order valence-electron chi connectivity index (χ2n) is 9.99. The van der Waals surface area contributed by atoms with Crippen molar-refractivity contribution in [1.82, 2.24) is 29.0 Å². The summed E-state index contributed by atoms with van der Waals surface area (Å²) in [5, 5.41) is 7.29. The molecule has 2 saturated heterocycles. The summed E-state index contributed by atoms with van der Waals surface area (Å²) in [6.07, 6.45) is 6.26. The average Bonchev–Trinajstić information content (AvgIpc) is 3.44. The van der Waals surface area contributed by atoms with E-state index < -0.39 is 27.0 Å². The Kier molecular flexibility index (Phi) is 7.26. The van der Waals surface area contributed by atoms with Crippen LogP contribution in [0.1, 0.15) is 40.0 Å². The number of hydrogen-bond acceptors (Lipinski definition) is 8. The van der Waals surface area contributed by atoms with Crippen molar-refractivity contribution in [1.29, 1.82) is 0 Å². The zero-order chi connectivity index (χ0) is 25.4. The predicted octanol–water partition coefficient (Wildman–Crippen LogP) is 2.75. The van der Waals surface area contributed by atoms with E-state index >= 15 is 0 Å². The Hall–Kier alpha value is -2.44. The van der Waals surface area contributed by atoms with Gasteiger partial charge in [-0.15, -0.1) is 0 Å². The Morgan fingerprint density at radius 3 is 2.51 bits per heavy atom. The van der Waals surface area contributed by atoms with Crippen molar-refractivity contribution in [2.45, 2.75) is 56.9 Å². The van der Waals surface area contributed by atoms with Crippen LogP contribution in [-0.4, -0.2) is 86.5 Å². The van der Waals surface area contributed by atoms with E-state index in [4.69, 9.17) is 16.3 Å². The average molecular weight is 526 g/mol. The molecule has 2 aromatic heterocycles. The lowest BCUT2D eigenvalue weighted by Gasteiger charge is -2.33. The van der Waals surface area contributed by atoms with Crippen LogP contribution in [-0.2, 0) is 21.8 Å². The van der Waals surface area contributed by atoms with Crippen LogP contribution in [0.5, 0.6) is 0 Å². The number of halogens is 1. The minimum absolute atomic E-state index is 0.0335. The number of amides is 1. The van der Waals surface area contributed by atoms with E-state index in [2.05, 4.69) is 20.4 Å². The number of nitrogens with zero attached hydrogens (tertiary/aromatic N) is 6. The van der Waals surface area contributed by atoms with E-state index in [-0.39, 0.29) is 12.6 Å². The highest BCUT2D eigenvalue weighted by Gasteiger charge is 2.41. The molecule has 1 atom stereocenters. The van der Waals surface area contributed by atoms with Gasteiger partial charge in [0.05, 0.1) is 28.4 Å². The first-order valence-electron chi connectivity index (χ1n) is 11.7. The van der Waals surface area contributed by atoms with Crippen molar-refractivity contribution in [2.24, 2.45) is 7.05 Å². The van der Waals surface area contributed by atoms with Crippen molar-refractivity contribution in [3.8, 4) is 11.3 Å². The zero-order valence-corrected chi connectivity index (χ0v) is 22.0. The Balaban J connectivity index is 1.33. The second-order valence-corrected chi connectivity index (χ2v) is 12.6. The summed E-state index contributed by atoms with van der Waals surface area (Å²) < 4.78 is 35.1. The van der Waals surface area contributed by atoms with Gasteiger partial charge in [0.2, 0.25) is 16.0 Å². The fourth-order valence-electron chi connectivity index (χ4n) is 4.29. The smallest absolute Gasteiger partial charge is 0.410 e. The van der Waals surface area contributed by atoms with Crippen LogP contribution in [0.3, 0.4) is 0 Å². The first kappa shape index (κ1) is 25.6. The molecule has 1 N–H and O–H groups in total. The number of carbonyl (C=O) groups excluding carboxylic acids is 1. The summed E-state index contributed by atoms with van der Waals surface area (Å²) in [4.78, 5) is 22.6. The van der Waals surface area contributed by atoms with Gasteiger partial charge in [-0.3, -0.25) is 4.68 Å². The SMILES string of the molecule is Cn1cc(-c2nc(NC3CCN(S(=O)(=O)C4CCN(C(=O)OC(C)(C)C)C4)CC3)ncc2Cl)cn1. The Bertz CT molecular complexity index is 1170. The summed E-state index contributed by atoms with van der Waals surface area (Å²) >= 11 is 6.28. The van der Waals surface area contributed by atoms with Gasteiger partial charge in [0, 0.05) is 51.0 Å². The van der Waals surface area contributed by atoms with Crippen molar-refractivity contribution < 1.29 is 17.9 Å². The van der Waals surface area contributed by atoms with Crippen LogP contribution in [0, 0.1) is 0 Å². The third-order valence-corrected chi connectivity index (χ3v) is 8.68. The summed E-state index contributed by atoms with van der Waals surface area (Å²) in [7, 11) is -1.70. The molecule has 192 valence electrons. The van der Waals surface area contributed by atoms with Crippen LogP contribution < -0.4 is 5.32 Å². The van der Waals surface area contributed by atoms with Gasteiger partial charge in [-0.25, -0.2) is 27.5 Å². The van der Waals surface area contributed by atoms with Gasteiger partial charge in [0.1, 0.15) is 5.60 Å². The highest BCUT2D eigenvalue weighted by Crippen LogP contribution is 2.28. The van der Waals surface area contributed by atoms with E-state index in [1.54, 1.807) is 37.8 Å². The summed E-state index contributed by atoms with van der Waals surface area (Å²) in [6, 6.07) is 0.0335. The number of rotatable bonds is 5. The fourth-order valence-corrected chi connectivity index (χ4v) is 6.41. The Morgan fingerprint density at radius 2 is 1.89 bits per heavy atom. The minimum atomic E-state index is -3.52. The number of carbonyl (C=O) groups is 1. The summed E-state index contributed by atoms with van der Waals surface area (Å²) in [5.41, 5.74) is 0.768. The maximum absolute atomic E-state index is 13.2. The fraction of sp³-hybridized carbons (Fsp3) is 0.636. The molecule has 0 aliphatic carbocycles. The van der Waals surface area contributed by atoms with Crippen LogP contribution in [0.25, 0.3) is 11.3 Å². The molecule has 1 amide bonds. The molecule has 35 heavy (non-hydrogen) atoms. The molecular weight excluding hydrogens is 494 g/mol. The molecule has 2 aliphatic rings. The molecule has 0 bridgehead atoms. The number of likely N-dealkylation sites (tertiary alicyclic amines) is 1. The lowest BCUT2D eigenvalue weighted by Crippen LogP contribution is -2.47.